The second kappa shape index (κ2) is 6.71. The number of benzene rings is 2. The zero-order valence-corrected chi connectivity index (χ0v) is 11.7. The molecular formula is C15H17N3O3. The molecule has 0 aliphatic rings. The topological polar surface area (TPSA) is 90.4 Å². The van der Waals surface area contributed by atoms with E-state index in [1.54, 1.807) is 6.07 Å². The van der Waals surface area contributed by atoms with Crippen molar-refractivity contribution in [1.82, 2.24) is 0 Å². The van der Waals surface area contributed by atoms with Gasteiger partial charge in [-0.15, -0.1) is 0 Å². The van der Waals surface area contributed by atoms with Crippen molar-refractivity contribution < 1.29 is 9.66 Å². The van der Waals surface area contributed by atoms with Crippen molar-refractivity contribution in [3.63, 3.8) is 0 Å². The van der Waals surface area contributed by atoms with E-state index in [-0.39, 0.29) is 5.69 Å². The first-order chi connectivity index (χ1) is 10.1. The molecule has 2 aromatic carbocycles. The van der Waals surface area contributed by atoms with E-state index in [4.69, 9.17) is 10.5 Å². The van der Waals surface area contributed by atoms with E-state index >= 15 is 0 Å². The van der Waals surface area contributed by atoms with Crippen molar-refractivity contribution >= 4 is 11.4 Å². The summed E-state index contributed by atoms with van der Waals surface area (Å²) in [5.41, 5.74) is 8.42. The molecule has 110 valence electrons. The van der Waals surface area contributed by atoms with Gasteiger partial charge in [-0.3, -0.25) is 10.1 Å². The standard InChI is InChI=1S/C15H17N3O3/c1-21-15-7-13(6-14(8-15)18(19)20)17-10-12-5-3-2-4-11(12)9-16/h2-8,17H,9-10,16H2,1H3. The van der Waals surface area contributed by atoms with Gasteiger partial charge in [0.25, 0.3) is 5.69 Å². The molecule has 0 amide bonds. The monoisotopic (exact) mass is 287 g/mol. The summed E-state index contributed by atoms with van der Waals surface area (Å²) < 4.78 is 5.08. The largest absolute Gasteiger partial charge is 0.496 e. The Kier molecular flexibility index (Phi) is 4.73. The lowest BCUT2D eigenvalue weighted by Crippen LogP contribution is -2.06. The number of rotatable bonds is 6. The van der Waals surface area contributed by atoms with Crippen molar-refractivity contribution in [3.05, 3.63) is 63.7 Å². The number of nitro groups is 1. The summed E-state index contributed by atoms with van der Waals surface area (Å²) in [4.78, 5) is 10.5. The van der Waals surface area contributed by atoms with Crippen molar-refractivity contribution in [2.45, 2.75) is 13.1 Å². The molecule has 6 heteroatoms. The fourth-order valence-electron chi connectivity index (χ4n) is 2.04. The molecule has 0 radical (unpaired) electrons. The molecule has 0 fully saturated rings. The number of hydrogen-bond acceptors (Lipinski definition) is 5. The van der Waals surface area contributed by atoms with Crippen LogP contribution in [-0.4, -0.2) is 12.0 Å². The maximum absolute atomic E-state index is 10.9. The Hall–Kier alpha value is -2.60. The fourth-order valence-corrected chi connectivity index (χ4v) is 2.04. The van der Waals surface area contributed by atoms with Crippen LogP contribution in [0.2, 0.25) is 0 Å². The van der Waals surface area contributed by atoms with E-state index in [2.05, 4.69) is 5.32 Å². The minimum Gasteiger partial charge on any atom is -0.496 e. The van der Waals surface area contributed by atoms with Gasteiger partial charge in [0.2, 0.25) is 0 Å². The summed E-state index contributed by atoms with van der Waals surface area (Å²) in [6, 6.07) is 12.4. The van der Waals surface area contributed by atoms with Gasteiger partial charge in [0, 0.05) is 30.9 Å². The van der Waals surface area contributed by atoms with Gasteiger partial charge in [0.1, 0.15) is 5.75 Å². The Labute approximate surface area is 122 Å². The van der Waals surface area contributed by atoms with Gasteiger partial charge in [-0.25, -0.2) is 0 Å². The molecule has 2 rings (SSSR count). The van der Waals surface area contributed by atoms with Crippen LogP contribution in [0.15, 0.2) is 42.5 Å². The first-order valence-electron chi connectivity index (χ1n) is 6.48. The summed E-state index contributed by atoms with van der Waals surface area (Å²) in [5, 5.41) is 14.1. The summed E-state index contributed by atoms with van der Waals surface area (Å²) in [7, 11) is 1.48. The number of non-ortho nitro benzene ring substituents is 1. The lowest BCUT2D eigenvalue weighted by molar-refractivity contribution is -0.384. The second-order valence-corrected chi connectivity index (χ2v) is 4.50. The second-order valence-electron chi connectivity index (χ2n) is 4.50. The van der Waals surface area contributed by atoms with Crippen LogP contribution in [0.25, 0.3) is 0 Å². The number of ether oxygens (including phenoxy) is 1. The highest BCUT2D eigenvalue weighted by molar-refractivity contribution is 5.56. The average molecular weight is 287 g/mol. The Morgan fingerprint density at radius 1 is 1.24 bits per heavy atom. The maximum Gasteiger partial charge on any atom is 0.275 e. The van der Waals surface area contributed by atoms with Gasteiger partial charge in [-0.1, -0.05) is 24.3 Å². The van der Waals surface area contributed by atoms with Crippen LogP contribution in [-0.2, 0) is 13.1 Å². The summed E-state index contributed by atoms with van der Waals surface area (Å²) >= 11 is 0. The van der Waals surface area contributed by atoms with E-state index in [9.17, 15) is 10.1 Å². The molecule has 0 aliphatic carbocycles. The quantitative estimate of drug-likeness (QED) is 0.629. The molecule has 0 aromatic heterocycles. The number of nitrogens with two attached hydrogens (primary N) is 1. The molecule has 0 spiro atoms. The normalized spacial score (nSPS) is 10.2. The molecule has 0 saturated heterocycles. The zero-order valence-electron chi connectivity index (χ0n) is 11.7. The zero-order chi connectivity index (χ0) is 15.2. The Balaban J connectivity index is 2.19. The van der Waals surface area contributed by atoms with Crippen LogP contribution in [0.4, 0.5) is 11.4 Å². The number of nitrogens with one attached hydrogen (secondary N) is 1. The fraction of sp³-hybridized carbons (Fsp3) is 0.200. The third-order valence-corrected chi connectivity index (χ3v) is 3.16. The predicted molar refractivity (Wildman–Crippen MR) is 81.3 cm³/mol. The number of nitro benzene ring substituents is 1. The lowest BCUT2D eigenvalue weighted by Gasteiger charge is -2.11. The Bertz CT molecular complexity index is 644. The van der Waals surface area contributed by atoms with E-state index < -0.39 is 4.92 Å². The van der Waals surface area contributed by atoms with Gasteiger partial charge < -0.3 is 15.8 Å². The summed E-state index contributed by atoms with van der Waals surface area (Å²) in [6.45, 7) is 0.994. The maximum atomic E-state index is 10.9. The van der Waals surface area contributed by atoms with Crippen molar-refractivity contribution in [3.8, 4) is 5.75 Å². The van der Waals surface area contributed by atoms with E-state index in [0.29, 0.717) is 24.5 Å². The average Bonchev–Trinajstić information content (AvgIpc) is 2.52. The Morgan fingerprint density at radius 2 is 1.95 bits per heavy atom. The van der Waals surface area contributed by atoms with Crippen LogP contribution in [0.3, 0.4) is 0 Å². The van der Waals surface area contributed by atoms with Crippen LogP contribution in [0.1, 0.15) is 11.1 Å². The molecule has 6 nitrogen and oxygen atoms in total. The number of hydrogen-bond donors (Lipinski definition) is 2. The van der Waals surface area contributed by atoms with Gasteiger partial charge in [0.15, 0.2) is 0 Å². The minimum atomic E-state index is -0.443. The first-order valence-corrected chi connectivity index (χ1v) is 6.48. The summed E-state index contributed by atoms with van der Waals surface area (Å²) in [6.07, 6.45) is 0. The third kappa shape index (κ3) is 3.70. The van der Waals surface area contributed by atoms with Gasteiger partial charge in [-0.2, -0.15) is 0 Å². The molecule has 3 N–H and O–H groups in total. The van der Waals surface area contributed by atoms with Crippen LogP contribution >= 0.6 is 0 Å². The van der Waals surface area contributed by atoms with E-state index in [1.807, 2.05) is 24.3 Å². The van der Waals surface area contributed by atoms with Crippen molar-refractivity contribution in [2.75, 3.05) is 12.4 Å². The number of anilines is 1. The first kappa shape index (κ1) is 14.8. The third-order valence-electron chi connectivity index (χ3n) is 3.16. The van der Waals surface area contributed by atoms with Crippen LogP contribution < -0.4 is 15.8 Å². The molecule has 2 aromatic rings. The lowest BCUT2D eigenvalue weighted by atomic mass is 10.1. The van der Waals surface area contributed by atoms with Gasteiger partial charge in [0.05, 0.1) is 18.1 Å². The molecule has 0 unspecified atom stereocenters. The molecule has 21 heavy (non-hydrogen) atoms. The molecule has 0 atom stereocenters. The predicted octanol–water partition coefficient (Wildman–Crippen LogP) is 2.67. The van der Waals surface area contributed by atoms with Crippen molar-refractivity contribution in [1.29, 1.82) is 0 Å². The number of methoxy groups -OCH3 is 1. The van der Waals surface area contributed by atoms with Crippen molar-refractivity contribution in [2.24, 2.45) is 5.73 Å². The molecule has 0 bridgehead atoms. The SMILES string of the molecule is COc1cc(NCc2ccccc2CN)cc([N+](=O)[O-])c1. The van der Waals surface area contributed by atoms with E-state index in [1.165, 1.54) is 19.2 Å². The van der Waals surface area contributed by atoms with Gasteiger partial charge in [-0.05, 0) is 11.1 Å². The summed E-state index contributed by atoms with van der Waals surface area (Å²) in [5.74, 6) is 0.443. The van der Waals surface area contributed by atoms with Crippen LogP contribution in [0, 0.1) is 10.1 Å². The molecular weight excluding hydrogens is 270 g/mol. The highest BCUT2D eigenvalue weighted by Crippen LogP contribution is 2.26. The highest BCUT2D eigenvalue weighted by atomic mass is 16.6. The molecule has 0 heterocycles. The minimum absolute atomic E-state index is 0.0102. The van der Waals surface area contributed by atoms with E-state index in [0.717, 1.165) is 11.1 Å². The highest BCUT2D eigenvalue weighted by Gasteiger charge is 2.10. The molecule has 0 saturated carbocycles. The van der Waals surface area contributed by atoms with Crippen LogP contribution in [0.5, 0.6) is 5.75 Å². The smallest absolute Gasteiger partial charge is 0.275 e. The van der Waals surface area contributed by atoms with Gasteiger partial charge >= 0.3 is 0 Å². The molecule has 0 aliphatic heterocycles. The Morgan fingerprint density at radius 3 is 2.57 bits per heavy atom. The number of nitrogens with zero attached hydrogens (tertiary/aromatic N) is 1.